The summed E-state index contributed by atoms with van der Waals surface area (Å²) in [5.74, 6) is 1.57. The van der Waals surface area contributed by atoms with E-state index in [1.165, 1.54) is 11.3 Å². The third-order valence-electron chi connectivity index (χ3n) is 2.49. The molecule has 0 unspecified atom stereocenters. The lowest BCUT2D eigenvalue weighted by Crippen LogP contribution is -1.82. The Bertz CT molecular complexity index is 629. The summed E-state index contributed by atoms with van der Waals surface area (Å²) in [5.41, 5.74) is 1.02. The number of benzene rings is 1. The van der Waals surface area contributed by atoms with Gasteiger partial charge in [0.05, 0.1) is 13.4 Å². The molecule has 2 heterocycles. The number of aromatic nitrogens is 2. The highest BCUT2D eigenvalue weighted by atomic mass is 32.1. The molecule has 2 aromatic heterocycles. The first-order chi connectivity index (χ1) is 8.86. The van der Waals surface area contributed by atoms with Gasteiger partial charge >= 0.3 is 0 Å². The first kappa shape index (κ1) is 11.0. The van der Waals surface area contributed by atoms with Crippen molar-refractivity contribution in [3.63, 3.8) is 0 Å². The summed E-state index contributed by atoms with van der Waals surface area (Å²) in [6.45, 7) is 0. The van der Waals surface area contributed by atoms with Crippen LogP contribution in [-0.4, -0.2) is 17.3 Å². The van der Waals surface area contributed by atoms with Crippen LogP contribution in [0.1, 0.15) is 0 Å². The quantitative estimate of drug-likeness (QED) is 0.721. The third kappa shape index (κ3) is 2.00. The molecular weight excluding hydrogens is 248 g/mol. The van der Waals surface area contributed by atoms with Gasteiger partial charge in [-0.3, -0.25) is 0 Å². The fraction of sp³-hybridized carbons (Fsp3) is 0.0769. The second kappa shape index (κ2) is 4.62. The topological polar surface area (TPSA) is 48.2 Å². The fourth-order valence-corrected chi connectivity index (χ4v) is 2.39. The van der Waals surface area contributed by atoms with Gasteiger partial charge in [0.2, 0.25) is 0 Å². The molecular formula is C13H10N2O2S. The van der Waals surface area contributed by atoms with E-state index in [0.29, 0.717) is 0 Å². The number of rotatable bonds is 3. The van der Waals surface area contributed by atoms with Crippen molar-refractivity contribution in [1.29, 1.82) is 0 Å². The summed E-state index contributed by atoms with van der Waals surface area (Å²) >= 11 is 1.50. The monoisotopic (exact) mass is 258 g/mol. The van der Waals surface area contributed by atoms with Gasteiger partial charge in [-0.25, -0.2) is 0 Å². The number of nitrogens with zero attached hydrogens (tertiary/aromatic N) is 2. The van der Waals surface area contributed by atoms with Crippen LogP contribution >= 0.6 is 11.3 Å². The van der Waals surface area contributed by atoms with E-state index in [1.807, 2.05) is 36.4 Å². The molecule has 18 heavy (non-hydrogen) atoms. The molecule has 0 aliphatic carbocycles. The molecule has 3 rings (SSSR count). The predicted molar refractivity (Wildman–Crippen MR) is 69.6 cm³/mol. The summed E-state index contributed by atoms with van der Waals surface area (Å²) < 4.78 is 10.4. The minimum Gasteiger partial charge on any atom is -0.497 e. The van der Waals surface area contributed by atoms with Crippen molar-refractivity contribution in [3.05, 3.63) is 42.7 Å². The van der Waals surface area contributed by atoms with Crippen molar-refractivity contribution in [2.75, 3.05) is 7.11 Å². The van der Waals surface area contributed by atoms with E-state index in [9.17, 15) is 0 Å². The molecule has 0 bridgehead atoms. The van der Waals surface area contributed by atoms with Gasteiger partial charge in [-0.2, -0.15) is 0 Å². The van der Waals surface area contributed by atoms with Gasteiger partial charge in [-0.15, -0.1) is 10.2 Å². The van der Waals surface area contributed by atoms with E-state index in [1.54, 1.807) is 13.4 Å². The van der Waals surface area contributed by atoms with Gasteiger partial charge in [-0.1, -0.05) is 11.3 Å². The Morgan fingerprint density at radius 3 is 2.50 bits per heavy atom. The summed E-state index contributed by atoms with van der Waals surface area (Å²) in [7, 11) is 1.65. The van der Waals surface area contributed by atoms with Crippen LogP contribution in [0.5, 0.6) is 5.75 Å². The largest absolute Gasteiger partial charge is 0.497 e. The van der Waals surface area contributed by atoms with E-state index in [4.69, 9.17) is 9.15 Å². The Morgan fingerprint density at radius 2 is 1.83 bits per heavy atom. The molecule has 0 spiro atoms. The second-order valence-electron chi connectivity index (χ2n) is 3.62. The molecule has 0 atom stereocenters. The maximum Gasteiger partial charge on any atom is 0.183 e. The Morgan fingerprint density at radius 1 is 1.06 bits per heavy atom. The van der Waals surface area contributed by atoms with Crippen molar-refractivity contribution in [3.8, 4) is 27.1 Å². The number of furan rings is 1. The molecule has 1 aromatic carbocycles. The lowest BCUT2D eigenvalue weighted by atomic mass is 10.2. The maximum absolute atomic E-state index is 5.29. The molecule has 0 amide bonds. The highest BCUT2D eigenvalue weighted by Gasteiger charge is 2.10. The zero-order valence-corrected chi connectivity index (χ0v) is 10.5. The Balaban J connectivity index is 1.92. The molecule has 0 aliphatic heterocycles. The first-order valence-electron chi connectivity index (χ1n) is 5.38. The lowest BCUT2D eigenvalue weighted by molar-refractivity contribution is 0.415. The van der Waals surface area contributed by atoms with Gasteiger partial charge in [0.15, 0.2) is 10.8 Å². The van der Waals surface area contributed by atoms with E-state index in [2.05, 4.69) is 10.2 Å². The van der Waals surface area contributed by atoms with E-state index in [0.717, 1.165) is 27.1 Å². The van der Waals surface area contributed by atoms with Crippen molar-refractivity contribution in [2.24, 2.45) is 0 Å². The molecule has 0 aliphatic rings. The zero-order valence-electron chi connectivity index (χ0n) is 9.66. The van der Waals surface area contributed by atoms with Crippen LogP contribution < -0.4 is 4.74 Å². The normalized spacial score (nSPS) is 10.5. The van der Waals surface area contributed by atoms with Crippen LogP contribution in [0, 0.1) is 0 Å². The van der Waals surface area contributed by atoms with E-state index >= 15 is 0 Å². The Labute approximate surface area is 108 Å². The minimum atomic E-state index is 0.743. The van der Waals surface area contributed by atoms with Crippen LogP contribution in [0.25, 0.3) is 21.3 Å². The molecule has 90 valence electrons. The lowest BCUT2D eigenvalue weighted by Gasteiger charge is -1.99. The van der Waals surface area contributed by atoms with Crippen molar-refractivity contribution in [1.82, 2.24) is 10.2 Å². The zero-order chi connectivity index (χ0) is 12.4. The highest BCUT2D eigenvalue weighted by molar-refractivity contribution is 7.17. The van der Waals surface area contributed by atoms with E-state index in [-0.39, 0.29) is 0 Å². The average Bonchev–Trinajstić information content (AvgIpc) is 3.09. The molecule has 5 heteroatoms. The average molecular weight is 258 g/mol. The standard InChI is InChI=1S/C13H10N2O2S/c1-16-10-6-4-9(5-7-10)12-14-15-13(18-12)11-3-2-8-17-11/h2-8H,1H3. The van der Waals surface area contributed by atoms with Crippen LogP contribution in [-0.2, 0) is 0 Å². The molecule has 0 saturated carbocycles. The van der Waals surface area contributed by atoms with Crippen LogP contribution in [0.3, 0.4) is 0 Å². The summed E-state index contributed by atoms with van der Waals surface area (Å²) in [6.07, 6.45) is 1.63. The first-order valence-corrected chi connectivity index (χ1v) is 6.20. The number of methoxy groups -OCH3 is 1. The van der Waals surface area contributed by atoms with Crippen LogP contribution in [0.2, 0.25) is 0 Å². The molecule has 0 fully saturated rings. The van der Waals surface area contributed by atoms with Gasteiger partial charge in [-0.05, 0) is 36.4 Å². The van der Waals surface area contributed by atoms with Crippen molar-refractivity contribution in [2.45, 2.75) is 0 Å². The maximum atomic E-state index is 5.29. The van der Waals surface area contributed by atoms with Crippen molar-refractivity contribution < 1.29 is 9.15 Å². The number of hydrogen-bond acceptors (Lipinski definition) is 5. The summed E-state index contributed by atoms with van der Waals surface area (Å²) in [6, 6.07) is 11.4. The molecule has 0 saturated heterocycles. The second-order valence-corrected chi connectivity index (χ2v) is 4.60. The Hall–Kier alpha value is -2.14. The predicted octanol–water partition coefficient (Wildman–Crippen LogP) is 3.47. The molecule has 0 radical (unpaired) electrons. The van der Waals surface area contributed by atoms with E-state index < -0.39 is 0 Å². The summed E-state index contributed by atoms with van der Waals surface area (Å²) in [5, 5.41) is 9.93. The molecule has 4 nitrogen and oxygen atoms in total. The molecule has 3 aromatic rings. The van der Waals surface area contributed by atoms with Gasteiger partial charge in [0, 0.05) is 5.56 Å². The van der Waals surface area contributed by atoms with Gasteiger partial charge < -0.3 is 9.15 Å². The van der Waals surface area contributed by atoms with Crippen molar-refractivity contribution >= 4 is 11.3 Å². The third-order valence-corrected chi connectivity index (χ3v) is 3.48. The van der Waals surface area contributed by atoms with Crippen LogP contribution in [0.4, 0.5) is 0 Å². The number of ether oxygens (including phenoxy) is 1. The minimum absolute atomic E-state index is 0.743. The SMILES string of the molecule is COc1ccc(-c2nnc(-c3ccco3)s2)cc1. The van der Waals surface area contributed by atoms with Gasteiger partial charge in [0.25, 0.3) is 0 Å². The Kier molecular flexibility index (Phi) is 2.82. The molecule has 0 N–H and O–H groups in total. The highest BCUT2D eigenvalue weighted by Crippen LogP contribution is 2.30. The fourth-order valence-electron chi connectivity index (χ4n) is 1.57. The van der Waals surface area contributed by atoms with Gasteiger partial charge in [0.1, 0.15) is 10.8 Å². The smallest absolute Gasteiger partial charge is 0.183 e. The van der Waals surface area contributed by atoms with Crippen LogP contribution in [0.15, 0.2) is 47.1 Å². The summed E-state index contributed by atoms with van der Waals surface area (Å²) in [4.78, 5) is 0. The number of hydrogen-bond donors (Lipinski definition) is 0.